The van der Waals surface area contributed by atoms with Gasteiger partial charge in [0.1, 0.15) is 5.54 Å². The van der Waals surface area contributed by atoms with Crippen LogP contribution in [0.5, 0.6) is 0 Å². The van der Waals surface area contributed by atoms with E-state index in [9.17, 15) is 9.59 Å². The highest BCUT2D eigenvalue weighted by molar-refractivity contribution is 5.97. The van der Waals surface area contributed by atoms with Crippen LogP contribution in [0.2, 0.25) is 0 Å². The first-order valence-electron chi connectivity index (χ1n) is 6.14. The summed E-state index contributed by atoms with van der Waals surface area (Å²) in [5, 5.41) is 2.62. The first kappa shape index (κ1) is 12.6. The monoisotopic (exact) mass is 246 g/mol. The van der Waals surface area contributed by atoms with Crippen LogP contribution >= 0.6 is 0 Å². The Morgan fingerprint density at radius 2 is 1.89 bits per heavy atom. The van der Waals surface area contributed by atoms with Gasteiger partial charge in [-0.2, -0.15) is 0 Å². The SMILES string of the molecule is CC1(C)C(=O)NCC(=O)N1CCc1ccccc1. The molecule has 0 saturated carbocycles. The number of carbonyl (C=O) groups is 2. The van der Waals surface area contributed by atoms with Crippen LogP contribution < -0.4 is 5.32 Å². The molecule has 0 spiro atoms. The second-order valence-corrected chi connectivity index (χ2v) is 5.02. The number of benzene rings is 1. The third-order valence-corrected chi connectivity index (χ3v) is 3.40. The van der Waals surface area contributed by atoms with E-state index >= 15 is 0 Å². The van der Waals surface area contributed by atoms with Gasteiger partial charge in [0, 0.05) is 6.54 Å². The van der Waals surface area contributed by atoms with Crippen molar-refractivity contribution in [1.82, 2.24) is 10.2 Å². The molecule has 0 atom stereocenters. The fourth-order valence-corrected chi connectivity index (χ4v) is 2.19. The fraction of sp³-hybridized carbons (Fsp3) is 0.429. The molecule has 4 heteroatoms. The minimum absolute atomic E-state index is 0.0180. The van der Waals surface area contributed by atoms with Crippen molar-refractivity contribution in [2.45, 2.75) is 25.8 Å². The maximum absolute atomic E-state index is 11.9. The second-order valence-electron chi connectivity index (χ2n) is 5.02. The summed E-state index contributed by atoms with van der Waals surface area (Å²) in [7, 11) is 0. The zero-order chi connectivity index (χ0) is 13.2. The first-order valence-corrected chi connectivity index (χ1v) is 6.14. The van der Waals surface area contributed by atoms with E-state index in [1.807, 2.05) is 30.3 Å². The molecule has 1 fully saturated rings. The molecule has 1 aromatic rings. The van der Waals surface area contributed by atoms with Gasteiger partial charge in [-0.3, -0.25) is 9.59 Å². The van der Waals surface area contributed by atoms with Crippen molar-refractivity contribution in [3.63, 3.8) is 0 Å². The Kier molecular flexibility index (Phi) is 3.36. The Hall–Kier alpha value is -1.84. The third-order valence-electron chi connectivity index (χ3n) is 3.40. The minimum Gasteiger partial charge on any atom is -0.345 e. The van der Waals surface area contributed by atoms with E-state index < -0.39 is 5.54 Å². The average Bonchev–Trinajstić information content (AvgIpc) is 2.35. The van der Waals surface area contributed by atoms with Crippen molar-refractivity contribution in [3.8, 4) is 0 Å². The Balaban J connectivity index is 2.07. The molecule has 1 aliphatic heterocycles. The van der Waals surface area contributed by atoms with Crippen LogP contribution in [0.4, 0.5) is 0 Å². The number of carbonyl (C=O) groups excluding carboxylic acids is 2. The highest BCUT2D eigenvalue weighted by Gasteiger charge is 2.41. The topological polar surface area (TPSA) is 49.4 Å². The summed E-state index contributed by atoms with van der Waals surface area (Å²) in [5.41, 5.74) is 0.413. The molecular weight excluding hydrogens is 228 g/mol. The minimum atomic E-state index is -0.760. The van der Waals surface area contributed by atoms with Gasteiger partial charge in [-0.05, 0) is 25.8 Å². The van der Waals surface area contributed by atoms with Gasteiger partial charge in [0.25, 0.3) is 0 Å². The van der Waals surface area contributed by atoms with Gasteiger partial charge in [0.05, 0.1) is 6.54 Å². The number of piperazine rings is 1. The molecule has 1 heterocycles. The maximum atomic E-state index is 11.9. The lowest BCUT2D eigenvalue weighted by atomic mass is 9.97. The lowest BCUT2D eigenvalue weighted by molar-refractivity contribution is -0.151. The van der Waals surface area contributed by atoms with Crippen LogP contribution in [-0.2, 0) is 16.0 Å². The summed E-state index contributed by atoms with van der Waals surface area (Å²) in [6.45, 7) is 4.25. The molecule has 2 amide bonds. The molecule has 2 rings (SSSR count). The summed E-state index contributed by atoms with van der Waals surface area (Å²) < 4.78 is 0. The second kappa shape index (κ2) is 4.80. The highest BCUT2D eigenvalue weighted by Crippen LogP contribution is 2.19. The quantitative estimate of drug-likeness (QED) is 0.864. The average molecular weight is 246 g/mol. The molecule has 1 aliphatic rings. The zero-order valence-corrected chi connectivity index (χ0v) is 10.8. The molecule has 0 unspecified atom stereocenters. The Morgan fingerprint density at radius 3 is 2.56 bits per heavy atom. The van der Waals surface area contributed by atoms with E-state index in [-0.39, 0.29) is 18.4 Å². The van der Waals surface area contributed by atoms with E-state index in [1.54, 1.807) is 18.7 Å². The summed E-state index contributed by atoms with van der Waals surface area (Å²) in [6.07, 6.45) is 0.767. The largest absolute Gasteiger partial charge is 0.345 e. The van der Waals surface area contributed by atoms with Crippen molar-refractivity contribution in [2.24, 2.45) is 0 Å². The van der Waals surface area contributed by atoms with Crippen molar-refractivity contribution in [2.75, 3.05) is 13.1 Å². The van der Waals surface area contributed by atoms with Gasteiger partial charge in [-0.25, -0.2) is 0 Å². The van der Waals surface area contributed by atoms with Crippen molar-refractivity contribution < 1.29 is 9.59 Å². The van der Waals surface area contributed by atoms with Crippen LogP contribution in [0.1, 0.15) is 19.4 Å². The zero-order valence-electron chi connectivity index (χ0n) is 10.8. The van der Waals surface area contributed by atoms with E-state index in [2.05, 4.69) is 5.32 Å². The number of nitrogens with zero attached hydrogens (tertiary/aromatic N) is 1. The Morgan fingerprint density at radius 1 is 1.22 bits per heavy atom. The summed E-state index contributed by atoms with van der Waals surface area (Å²) in [4.78, 5) is 25.3. The predicted molar refractivity (Wildman–Crippen MR) is 68.9 cm³/mol. The molecule has 18 heavy (non-hydrogen) atoms. The highest BCUT2D eigenvalue weighted by atomic mass is 16.2. The molecule has 0 bridgehead atoms. The summed E-state index contributed by atoms with van der Waals surface area (Å²) in [5.74, 6) is -0.106. The van der Waals surface area contributed by atoms with E-state index in [4.69, 9.17) is 0 Å². The van der Waals surface area contributed by atoms with Crippen molar-refractivity contribution >= 4 is 11.8 Å². The fourth-order valence-electron chi connectivity index (χ4n) is 2.19. The summed E-state index contributed by atoms with van der Waals surface area (Å²) in [6, 6.07) is 9.98. The van der Waals surface area contributed by atoms with Gasteiger partial charge in [0.15, 0.2) is 0 Å². The van der Waals surface area contributed by atoms with E-state index in [1.165, 1.54) is 5.56 Å². The number of hydrogen-bond donors (Lipinski definition) is 1. The van der Waals surface area contributed by atoms with Crippen LogP contribution in [-0.4, -0.2) is 35.3 Å². The first-order chi connectivity index (χ1) is 8.51. The number of hydrogen-bond acceptors (Lipinski definition) is 2. The standard InChI is InChI=1S/C14H18N2O2/c1-14(2)13(18)15-10-12(17)16(14)9-8-11-6-4-3-5-7-11/h3-7H,8-10H2,1-2H3,(H,15,18). The van der Waals surface area contributed by atoms with Gasteiger partial charge in [-0.15, -0.1) is 0 Å². The van der Waals surface area contributed by atoms with Crippen LogP contribution in [0.25, 0.3) is 0 Å². The smallest absolute Gasteiger partial charge is 0.245 e. The van der Waals surface area contributed by atoms with Crippen LogP contribution in [0.3, 0.4) is 0 Å². The summed E-state index contributed by atoms with van der Waals surface area (Å²) >= 11 is 0. The lowest BCUT2D eigenvalue weighted by Gasteiger charge is -2.41. The molecule has 4 nitrogen and oxygen atoms in total. The number of nitrogens with one attached hydrogen (secondary N) is 1. The van der Waals surface area contributed by atoms with Crippen molar-refractivity contribution in [1.29, 1.82) is 0 Å². The van der Waals surface area contributed by atoms with Crippen LogP contribution in [0, 0.1) is 0 Å². The molecule has 0 aliphatic carbocycles. The maximum Gasteiger partial charge on any atom is 0.245 e. The molecule has 0 aromatic heterocycles. The number of rotatable bonds is 3. The molecular formula is C14H18N2O2. The Bertz CT molecular complexity index is 454. The van der Waals surface area contributed by atoms with Gasteiger partial charge in [-0.1, -0.05) is 30.3 Å². The van der Waals surface area contributed by atoms with Gasteiger partial charge < -0.3 is 10.2 Å². The van der Waals surface area contributed by atoms with Gasteiger partial charge >= 0.3 is 0 Å². The lowest BCUT2D eigenvalue weighted by Crippen LogP contribution is -2.64. The molecule has 1 N–H and O–H groups in total. The Labute approximate surface area is 107 Å². The van der Waals surface area contributed by atoms with E-state index in [0.717, 1.165) is 6.42 Å². The molecule has 1 aromatic carbocycles. The van der Waals surface area contributed by atoms with E-state index in [0.29, 0.717) is 6.54 Å². The van der Waals surface area contributed by atoms with Crippen molar-refractivity contribution in [3.05, 3.63) is 35.9 Å². The normalized spacial score (nSPS) is 18.7. The predicted octanol–water partition coefficient (Wildman–Crippen LogP) is 0.966. The number of amides is 2. The molecule has 96 valence electrons. The third kappa shape index (κ3) is 2.37. The molecule has 1 saturated heterocycles. The van der Waals surface area contributed by atoms with Gasteiger partial charge in [0.2, 0.25) is 11.8 Å². The van der Waals surface area contributed by atoms with Crippen LogP contribution in [0.15, 0.2) is 30.3 Å². The molecule has 0 radical (unpaired) electrons.